The van der Waals surface area contributed by atoms with Gasteiger partial charge in [-0.15, -0.1) is 0 Å². The van der Waals surface area contributed by atoms with Crippen molar-refractivity contribution in [3.63, 3.8) is 0 Å². The van der Waals surface area contributed by atoms with Gasteiger partial charge in [0.2, 0.25) is 0 Å². The molecule has 0 atom stereocenters. The zero-order chi connectivity index (χ0) is 17.6. The molecule has 4 bridgehead atoms. The quantitative estimate of drug-likeness (QED) is 0.407. The Morgan fingerprint density at radius 2 is 1.62 bits per heavy atom. The summed E-state index contributed by atoms with van der Waals surface area (Å²) in [4.78, 5) is 0. The number of hydrogen-bond acceptors (Lipinski definition) is 4. The zero-order valence-electron chi connectivity index (χ0n) is 13.2. The van der Waals surface area contributed by atoms with E-state index in [1.54, 1.807) is 0 Å². The van der Waals surface area contributed by atoms with Crippen LogP contribution in [0.3, 0.4) is 0 Å². The van der Waals surface area contributed by atoms with Crippen LogP contribution in [0.1, 0.15) is 38.5 Å². The molecule has 0 aromatic heterocycles. The Morgan fingerprint density at radius 3 is 2.08 bits per heavy atom. The number of hydrogen-bond donors (Lipinski definition) is 0. The highest BCUT2D eigenvalue weighted by molar-refractivity contribution is 7.90. The lowest BCUT2D eigenvalue weighted by atomic mass is 9.50. The fourth-order valence-electron chi connectivity index (χ4n) is 5.14. The summed E-state index contributed by atoms with van der Waals surface area (Å²) < 4.78 is 66.8. The lowest BCUT2D eigenvalue weighted by molar-refractivity contribution is -0.261. The minimum absolute atomic E-state index is 0.109. The molecule has 0 aromatic rings. The molecule has 24 heavy (non-hydrogen) atoms. The van der Waals surface area contributed by atoms with Gasteiger partial charge in [-0.1, -0.05) is 0 Å². The van der Waals surface area contributed by atoms with Gasteiger partial charge in [0.1, 0.15) is 0 Å². The molecule has 0 spiro atoms. The zero-order valence-corrected chi connectivity index (χ0v) is 14.0. The fourth-order valence-corrected chi connectivity index (χ4v) is 5.92. The Bertz CT molecular complexity index is 579. The summed E-state index contributed by atoms with van der Waals surface area (Å²) in [6.45, 7) is 0.206. The molecule has 4 saturated carbocycles. The molecule has 0 radical (unpaired) electrons. The van der Waals surface area contributed by atoms with Gasteiger partial charge in [-0.25, -0.2) is 8.42 Å². The third kappa shape index (κ3) is 4.04. The van der Waals surface area contributed by atoms with Crippen molar-refractivity contribution in [2.24, 2.45) is 27.6 Å². The van der Waals surface area contributed by atoms with Gasteiger partial charge in [0.15, 0.2) is 0 Å². The maximum atomic E-state index is 12.1. The second kappa shape index (κ2) is 6.16. The number of sulfonamides is 1. The van der Waals surface area contributed by atoms with Crippen molar-refractivity contribution in [1.29, 1.82) is 0 Å². The fraction of sp³-hybridized carbons (Fsp3) is 0.933. The smallest absolute Gasteiger partial charge is 0.420 e. The van der Waals surface area contributed by atoms with Crippen LogP contribution in [0.5, 0.6) is 0 Å². The summed E-state index contributed by atoms with van der Waals surface area (Å²) >= 11 is 0. The molecular weight excluding hydrogens is 347 g/mol. The molecule has 0 N–H and O–H groups in total. The Labute approximate surface area is 139 Å². The lowest BCUT2D eigenvalue weighted by Crippen LogP contribution is -2.48. The molecule has 4 rings (SSSR count). The summed E-state index contributed by atoms with van der Waals surface area (Å²) in [6.07, 6.45) is 1.88. The first-order valence-corrected chi connectivity index (χ1v) is 9.82. The first kappa shape index (κ1) is 18.0. The van der Waals surface area contributed by atoms with Crippen molar-refractivity contribution in [1.82, 2.24) is 0 Å². The van der Waals surface area contributed by atoms with Crippen molar-refractivity contribution < 1.29 is 31.4 Å². The monoisotopic (exact) mass is 368 g/mol. The molecule has 9 heteroatoms. The van der Waals surface area contributed by atoms with Gasteiger partial charge < -0.3 is 9.84 Å². The van der Waals surface area contributed by atoms with Crippen molar-refractivity contribution in [3.05, 3.63) is 0 Å². The average molecular weight is 368 g/mol. The van der Waals surface area contributed by atoms with E-state index in [2.05, 4.69) is 4.40 Å². The molecule has 4 fully saturated rings. The largest absolute Gasteiger partial charge is 0.855 e. The summed E-state index contributed by atoms with van der Waals surface area (Å²) in [5.74, 6) is -1.08. The highest BCUT2D eigenvalue weighted by Gasteiger charge is 2.50. The predicted octanol–water partition coefficient (Wildman–Crippen LogP) is 1.87. The molecular formula is C15H21F3NO4S-. The molecule has 138 valence electrons. The highest BCUT2D eigenvalue weighted by atomic mass is 32.2. The third-order valence-corrected chi connectivity index (χ3v) is 6.65. The molecule has 0 heterocycles. The van der Waals surface area contributed by atoms with E-state index in [0.717, 1.165) is 37.0 Å². The first-order chi connectivity index (χ1) is 11.1. The Hall–Kier alpha value is -0.830. The van der Waals surface area contributed by atoms with Crippen LogP contribution >= 0.6 is 0 Å². The number of rotatable bonds is 6. The maximum Gasteiger partial charge on any atom is 0.420 e. The van der Waals surface area contributed by atoms with Crippen molar-refractivity contribution >= 4 is 15.9 Å². The minimum atomic E-state index is -5.27. The van der Waals surface area contributed by atoms with Crippen LogP contribution in [-0.2, 0) is 14.8 Å². The SMILES string of the molecule is O=S(=O)(CCOCC12CC3CC(CC(C3)C1)C2)/N=C(\[O-])C(F)(F)F. The first-order valence-electron chi connectivity index (χ1n) is 8.22. The van der Waals surface area contributed by atoms with Crippen LogP contribution in [-0.4, -0.2) is 39.5 Å². The molecule has 4 aliphatic carbocycles. The molecule has 0 saturated heterocycles. The van der Waals surface area contributed by atoms with Crippen LogP contribution in [0, 0.1) is 23.2 Å². The summed E-state index contributed by atoms with van der Waals surface area (Å²) in [7, 11) is -4.46. The van der Waals surface area contributed by atoms with Crippen molar-refractivity contribution in [2.45, 2.75) is 44.7 Å². The van der Waals surface area contributed by atoms with Crippen LogP contribution in [0.4, 0.5) is 13.2 Å². The number of nitrogens with zero attached hydrogens (tertiary/aromatic N) is 1. The van der Waals surface area contributed by atoms with Gasteiger partial charge in [-0.2, -0.15) is 17.6 Å². The lowest BCUT2D eigenvalue weighted by Gasteiger charge is -2.56. The molecule has 0 unspecified atom stereocenters. The predicted molar refractivity (Wildman–Crippen MR) is 78.7 cm³/mol. The Kier molecular flexibility index (Phi) is 4.61. The van der Waals surface area contributed by atoms with Gasteiger partial charge in [0, 0.05) is 0 Å². The van der Waals surface area contributed by atoms with E-state index in [4.69, 9.17) is 4.74 Å². The Morgan fingerprint density at radius 1 is 1.12 bits per heavy atom. The van der Waals surface area contributed by atoms with Gasteiger partial charge in [0.25, 0.3) is 10.0 Å². The Balaban J connectivity index is 1.49. The van der Waals surface area contributed by atoms with Crippen LogP contribution in [0.25, 0.3) is 0 Å². The summed E-state index contributed by atoms with van der Waals surface area (Å²) in [5, 5.41) is 10.6. The van der Waals surface area contributed by atoms with Gasteiger partial charge in [0.05, 0.1) is 24.9 Å². The van der Waals surface area contributed by atoms with Gasteiger partial charge in [-0.05, 0) is 61.7 Å². The summed E-state index contributed by atoms with van der Waals surface area (Å²) in [6, 6.07) is 0. The standard InChI is InChI=1S/C15H22F3NO4S/c16-15(17,18)13(20)19-24(21,22)2-1-23-9-14-6-10-3-11(7-14)5-12(4-10)8-14/h10-12H,1-9H2,(H,19,20)/p-1. The van der Waals surface area contributed by atoms with E-state index >= 15 is 0 Å². The number of alkyl halides is 3. The van der Waals surface area contributed by atoms with E-state index in [-0.39, 0.29) is 12.0 Å². The second-order valence-electron chi connectivity index (χ2n) is 7.65. The topological polar surface area (TPSA) is 78.8 Å². The average Bonchev–Trinajstić information content (AvgIpc) is 2.40. The van der Waals surface area contributed by atoms with E-state index < -0.39 is 27.9 Å². The summed E-state index contributed by atoms with van der Waals surface area (Å²) in [5.41, 5.74) is 0.109. The van der Waals surface area contributed by atoms with Gasteiger partial charge in [-0.3, -0.25) is 0 Å². The molecule has 4 aliphatic rings. The number of ether oxygens (including phenoxy) is 1. The van der Waals surface area contributed by atoms with Gasteiger partial charge >= 0.3 is 6.18 Å². The molecule has 0 aromatic carbocycles. The van der Waals surface area contributed by atoms with Crippen molar-refractivity contribution in [2.75, 3.05) is 19.0 Å². The van der Waals surface area contributed by atoms with E-state index in [1.807, 2.05) is 0 Å². The molecule has 5 nitrogen and oxygen atoms in total. The van der Waals surface area contributed by atoms with Crippen LogP contribution in [0.2, 0.25) is 0 Å². The highest BCUT2D eigenvalue weighted by Crippen LogP contribution is 2.60. The number of halogens is 3. The minimum Gasteiger partial charge on any atom is -0.855 e. The van der Waals surface area contributed by atoms with Crippen LogP contribution in [0.15, 0.2) is 4.40 Å². The van der Waals surface area contributed by atoms with E-state index in [9.17, 15) is 26.7 Å². The van der Waals surface area contributed by atoms with E-state index in [1.165, 1.54) is 19.3 Å². The molecule has 0 aliphatic heterocycles. The van der Waals surface area contributed by atoms with Crippen molar-refractivity contribution in [3.8, 4) is 0 Å². The maximum absolute atomic E-state index is 12.1. The third-order valence-electron chi connectivity index (χ3n) is 5.52. The molecule has 0 amide bonds. The van der Waals surface area contributed by atoms with E-state index in [0.29, 0.717) is 6.61 Å². The second-order valence-corrected chi connectivity index (χ2v) is 9.41. The van der Waals surface area contributed by atoms with Crippen LogP contribution < -0.4 is 5.11 Å². The normalized spacial score (nSPS) is 36.3.